The molecular weight excluding hydrogens is 286 g/mol. The van der Waals surface area contributed by atoms with Gasteiger partial charge in [0.2, 0.25) is 15.9 Å². The van der Waals surface area contributed by atoms with Gasteiger partial charge in [-0.05, 0) is 37.4 Å². The summed E-state index contributed by atoms with van der Waals surface area (Å²) < 4.78 is 29.3. The highest BCUT2D eigenvalue weighted by molar-refractivity contribution is 7.90. The van der Waals surface area contributed by atoms with Crippen LogP contribution in [0.3, 0.4) is 0 Å². The van der Waals surface area contributed by atoms with E-state index < -0.39 is 10.0 Å². The molecule has 0 spiro atoms. The number of carbonyl (C=O) groups excluding carboxylic acids is 1. The number of hydrogen-bond acceptors (Lipinski definition) is 5. The predicted octanol–water partition coefficient (Wildman–Crippen LogP) is 0.814. The number of rotatable bonds is 4. The summed E-state index contributed by atoms with van der Waals surface area (Å²) in [5.41, 5.74) is 0.867. The molecule has 1 saturated heterocycles. The van der Waals surface area contributed by atoms with Gasteiger partial charge in [0, 0.05) is 13.1 Å². The van der Waals surface area contributed by atoms with E-state index in [0.717, 1.165) is 18.5 Å². The normalized spacial score (nSPS) is 21.1. The van der Waals surface area contributed by atoms with Crippen LogP contribution in [-0.2, 0) is 14.8 Å². The largest absolute Gasteiger partial charge is 0.316 e. The number of nitrogens with one attached hydrogen (secondary N) is 1. The van der Waals surface area contributed by atoms with E-state index in [4.69, 9.17) is 0 Å². The Hall–Kier alpha value is -0.990. The Kier molecular flexibility index (Phi) is 3.11. The smallest absolute Gasteiger partial charge is 0.230 e. The summed E-state index contributed by atoms with van der Waals surface area (Å²) in [7, 11) is -3.12. The third-order valence-electron chi connectivity index (χ3n) is 3.40. The Labute approximate surface area is 116 Å². The van der Waals surface area contributed by atoms with Crippen molar-refractivity contribution in [1.29, 1.82) is 0 Å². The van der Waals surface area contributed by atoms with Crippen LogP contribution in [0.15, 0.2) is 6.07 Å². The molecule has 2 aliphatic rings. The monoisotopic (exact) mass is 301 g/mol. The molecule has 1 amide bonds. The van der Waals surface area contributed by atoms with Crippen LogP contribution < -0.4 is 5.32 Å². The molecule has 8 heteroatoms. The van der Waals surface area contributed by atoms with Crippen molar-refractivity contribution in [2.75, 3.05) is 18.4 Å². The van der Waals surface area contributed by atoms with Gasteiger partial charge in [0.15, 0.2) is 0 Å². The first kappa shape index (κ1) is 13.0. The molecule has 0 bridgehead atoms. The fraction of sp³-hybridized carbons (Fsp3) is 0.636. The first-order valence-corrected chi connectivity index (χ1v) is 8.47. The van der Waals surface area contributed by atoms with Gasteiger partial charge in [0.25, 0.3) is 0 Å². The molecule has 2 heterocycles. The maximum Gasteiger partial charge on any atom is 0.230 e. The van der Waals surface area contributed by atoms with Crippen molar-refractivity contribution in [3.63, 3.8) is 0 Å². The van der Waals surface area contributed by atoms with Crippen LogP contribution in [0.2, 0.25) is 0 Å². The lowest BCUT2D eigenvalue weighted by Gasteiger charge is -2.36. The number of anilines is 1. The van der Waals surface area contributed by atoms with Crippen LogP contribution in [0.4, 0.5) is 5.00 Å². The first-order valence-electron chi connectivity index (χ1n) is 6.20. The lowest BCUT2D eigenvalue weighted by molar-refractivity contribution is -0.122. The molecule has 1 saturated carbocycles. The number of aryl methyl sites for hydroxylation is 1. The van der Waals surface area contributed by atoms with Crippen LogP contribution in [0.5, 0.6) is 0 Å². The van der Waals surface area contributed by atoms with Crippen molar-refractivity contribution in [2.45, 2.75) is 25.0 Å². The van der Waals surface area contributed by atoms with Gasteiger partial charge < -0.3 is 5.32 Å². The summed E-state index contributed by atoms with van der Waals surface area (Å²) in [6.45, 7) is 2.48. The minimum Gasteiger partial charge on any atom is -0.316 e. The van der Waals surface area contributed by atoms with Crippen molar-refractivity contribution >= 4 is 32.5 Å². The van der Waals surface area contributed by atoms with Gasteiger partial charge in [-0.2, -0.15) is 8.68 Å². The molecule has 0 radical (unpaired) electrons. The SMILES string of the molecule is Cc1cc(NC(=O)C2CN(S(=O)(=O)C3CC3)C2)sn1. The van der Waals surface area contributed by atoms with E-state index in [1.54, 1.807) is 6.07 Å². The molecule has 1 N–H and O–H groups in total. The zero-order valence-corrected chi connectivity index (χ0v) is 12.1. The number of hydrogen-bond donors (Lipinski definition) is 1. The Morgan fingerprint density at radius 3 is 2.68 bits per heavy atom. The molecule has 0 unspecified atom stereocenters. The highest BCUT2D eigenvalue weighted by Gasteiger charge is 2.46. The van der Waals surface area contributed by atoms with Gasteiger partial charge in [-0.15, -0.1) is 0 Å². The van der Waals surface area contributed by atoms with Crippen LogP contribution in [0.1, 0.15) is 18.5 Å². The molecule has 0 aromatic carbocycles. The molecule has 3 rings (SSSR count). The van der Waals surface area contributed by atoms with Gasteiger partial charge in [-0.1, -0.05) is 0 Å². The standard InChI is InChI=1S/C11H15N3O3S2/c1-7-4-10(18-13-7)12-11(15)8-5-14(6-8)19(16,17)9-2-3-9/h4,8-9H,2-3,5-6H2,1H3,(H,12,15). The van der Waals surface area contributed by atoms with Crippen LogP contribution in [0, 0.1) is 12.8 Å². The summed E-state index contributed by atoms with van der Waals surface area (Å²) in [4.78, 5) is 11.9. The lowest BCUT2D eigenvalue weighted by atomic mass is 10.0. The zero-order chi connectivity index (χ0) is 13.6. The topological polar surface area (TPSA) is 79.4 Å². The van der Waals surface area contributed by atoms with Crippen molar-refractivity contribution in [1.82, 2.24) is 8.68 Å². The van der Waals surface area contributed by atoms with E-state index in [1.807, 2.05) is 6.92 Å². The van der Waals surface area contributed by atoms with E-state index in [1.165, 1.54) is 15.8 Å². The third kappa shape index (κ3) is 2.52. The summed E-state index contributed by atoms with van der Waals surface area (Å²) in [6.07, 6.45) is 1.52. The van der Waals surface area contributed by atoms with Crippen LogP contribution in [-0.4, -0.2) is 41.3 Å². The summed E-state index contributed by atoms with van der Waals surface area (Å²) >= 11 is 1.24. The second-order valence-corrected chi connectivity index (χ2v) is 8.10. The fourth-order valence-electron chi connectivity index (χ4n) is 2.03. The molecular formula is C11H15N3O3S2. The maximum atomic E-state index is 11.9. The van der Waals surface area contributed by atoms with E-state index in [-0.39, 0.29) is 17.1 Å². The van der Waals surface area contributed by atoms with Crippen LogP contribution >= 0.6 is 11.5 Å². The molecule has 19 heavy (non-hydrogen) atoms. The van der Waals surface area contributed by atoms with Gasteiger partial charge in [-0.3, -0.25) is 4.79 Å². The molecule has 1 aromatic rings. The highest BCUT2D eigenvalue weighted by Crippen LogP contribution is 2.34. The minimum atomic E-state index is -3.12. The Morgan fingerprint density at radius 2 is 2.16 bits per heavy atom. The maximum absolute atomic E-state index is 11.9. The van der Waals surface area contributed by atoms with Crippen LogP contribution in [0.25, 0.3) is 0 Å². The number of sulfonamides is 1. The lowest BCUT2D eigenvalue weighted by Crippen LogP contribution is -2.55. The average Bonchev–Trinajstić information content (AvgIpc) is 3.02. The Balaban J connectivity index is 1.54. The van der Waals surface area contributed by atoms with Gasteiger partial charge in [-0.25, -0.2) is 8.42 Å². The minimum absolute atomic E-state index is 0.120. The van der Waals surface area contributed by atoms with Crippen molar-refractivity contribution in [2.24, 2.45) is 5.92 Å². The number of aromatic nitrogens is 1. The Morgan fingerprint density at radius 1 is 1.47 bits per heavy atom. The molecule has 1 aliphatic heterocycles. The van der Waals surface area contributed by atoms with Gasteiger partial charge in [0.1, 0.15) is 5.00 Å². The second kappa shape index (κ2) is 4.53. The van der Waals surface area contributed by atoms with Crippen molar-refractivity contribution in [3.05, 3.63) is 11.8 Å². The zero-order valence-electron chi connectivity index (χ0n) is 10.5. The molecule has 2 fully saturated rings. The molecule has 1 aliphatic carbocycles. The van der Waals surface area contributed by atoms with E-state index in [9.17, 15) is 13.2 Å². The summed E-state index contributed by atoms with van der Waals surface area (Å²) in [5.74, 6) is -0.359. The van der Waals surface area contributed by atoms with Gasteiger partial charge in [0.05, 0.1) is 16.9 Å². The van der Waals surface area contributed by atoms with E-state index >= 15 is 0 Å². The second-order valence-electron chi connectivity index (χ2n) is 5.08. The predicted molar refractivity (Wildman–Crippen MR) is 72.5 cm³/mol. The summed E-state index contributed by atoms with van der Waals surface area (Å²) in [5, 5.41) is 3.30. The number of carbonyl (C=O) groups is 1. The van der Waals surface area contributed by atoms with E-state index in [2.05, 4.69) is 9.69 Å². The summed E-state index contributed by atoms with van der Waals surface area (Å²) in [6, 6.07) is 1.81. The molecule has 104 valence electrons. The van der Waals surface area contributed by atoms with E-state index in [0.29, 0.717) is 18.1 Å². The molecule has 1 aromatic heterocycles. The fourth-order valence-corrected chi connectivity index (χ4v) is 4.63. The van der Waals surface area contributed by atoms with Crippen molar-refractivity contribution < 1.29 is 13.2 Å². The third-order valence-corrected chi connectivity index (χ3v) is 6.53. The molecule has 0 atom stereocenters. The molecule has 6 nitrogen and oxygen atoms in total. The first-order chi connectivity index (χ1) is 8.96. The number of amides is 1. The Bertz CT molecular complexity index is 600. The quantitative estimate of drug-likeness (QED) is 0.892. The van der Waals surface area contributed by atoms with Crippen molar-refractivity contribution in [3.8, 4) is 0 Å². The highest BCUT2D eigenvalue weighted by atomic mass is 32.2. The van der Waals surface area contributed by atoms with Gasteiger partial charge >= 0.3 is 0 Å². The number of nitrogens with zero attached hydrogens (tertiary/aromatic N) is 2. The average molecular weight is 301 g/mol.